The van der Waals surface area contributed by atoms with Crippen molar-refractivity contribution >= 4 is 0 Å². The Kier molecular flexibility index (Phi) is 81.9. The van der Waals surface area contributed by atoms with E-state index in [0.29, 0.717) is 0 Å². The smallest absolute Gasteiger partial charge is 0.356 e. The molecular formula is H3CoN6NaO18. The first kappa shape index (κ1) is 49.5. The minimum Gasteiger partial charge on any atom is -0.356 e. The summed E-state index contributed by atoms with van der Waals surface area (Å²) in [4.78, 5) is 49.8. The molecule has 26 heavy (non-hydrogen) atoms. The van der Waals surface area contributed by atoms with E-state index >= 15 is 0 Å². The van der Waals surface area contributed by atoms with Crippen LogP contribution in [0.25, 0.3) is 0 Å². The molecule has 0 aromatic rings. The van der Waals surface area contributed by atoms with E-state index in [1.54, 1.807) is 0 Å². The maximum Gasteiger partial charge on any atom is 2.00 e. The first-order chi connectivity index (χ1) is 10.4. The van der Waals surface area contributed by atoms with Gasteiger partial charge in [0, 0.05) is 0 Å². The fraction of sp³-hybridized carbons (Fsp3) is 0. The Morgan fingerprint density at radius 1 is 0.423 bits per heavy atom. The third-order valence-electron chi connectivity index (χ3n) is 0. The van der Waals surface area contributed by atoms with Crippen LogP contribution in [0.4, 0.5) is 0 Å². The van der Waals surface area contributed by atoms with Crippen LogP contribution in [0.15, 0.2) is 0 Å². The second-order valence-electron chi connectivity index (χ2n) is 1.38. The average molecular weight is 457 g/mol. The number of rotatable bonds is 0. The number of hydrogen-bond acceptors (Lipinski definition) is 15. The van der Waals surface area contributed by atoms with Gasteiger partial charge in [-0.05, 0) is 0 Å². The van der Waals surface area contributed by atoms with E-state index in [9.17, 15) is 0 Å². The Labute approximate surface area is 169 Å². The van der Waals surface area contributed by atoms with E-state index < -0.39 is 30.5 Å². The van der Waals surface area contributed by atoms with Gasteiger partial charge in [0.1, 0.15) is 0 Å². The fourth-order valence-corrected chi connectivity index (χ4v) is 0. The molecule has 0 spiro atoms. The summed E-state index contributed by atoms with van der Waals surface area (Å²) in [6.45, 7) is 0. The van der Waals surface area contributed by atoms with E-state index in [0.717, 1.165) is 0 Å². The fourth-order valence-electron chi connectivity index (χ4n) is 0. The minimum absolute atomic E-state index is 0. The normalized spacial score (nSPS) is 5.54. The van der Waals surface area contributed by atoms with Crippen molar-refractivity contribution in [3.8, 4) is 0 Å². The summed E-state index contributed by atoms with van der Waals surface area (Å²) in [5.41, 5.74) is 0. The molecule has 0 fully saturated rings. The molecule has 0 amide bonds. The van der Waals surface area contributed by atoms with E-state index in [4.69, 9.17) is 91.9 Å². The van der Waals surface area contributed by atoms with Crippen LogP contribution in [-0.4, -0.2) is 46.1 Å². The molecule has 0 saturated heterocycles. The van der Waals surface area contributed by atoms with Crippen molar-refractivity contribution in [2.75, 3.05) is 0 Å². The Balaban J connectivity index is -0.0000000245. The van der Waals surface area contributed by atoms with Crippen molar-refractivity contribution in [2.24, 2.45) is 0 Å². The first-order valence-electron chi connectivity index (χ1n) is 3.34. The standard InChI is InChI=1S/Co.3HNO3.3NO3.Na/c;6*2-1(3)4;/h;3*(H,2,3,4);;;;/q+2;;;;3*-1;+1. The molecular weight excluding hydrogens is 454 g/mol. The maximum absolute atomic E-state index is 8.36. The molecule has 0 bridgehead atoms. The molecule has 1 radical (unpaired) electrons. The van der Waals surface area contributed by atoms with Crippen molar-refractivity contribution < 1.29 is 92.5 Å². The van der Waals surface area contributed by atoms with Crippen LogP contribution in [0.1, 0.15) is 0 Å². The third kappa shape index (κ3) is 741. The molecule has 0 aromatic heterocycles. The average Bonchev–Trinajstić information content (AvgIpc) is 2.08. The molecule has 0 aliphatic carbocycles. The van der Waals surface area contributed by atoms with Crippen molar-refractivity contribution in [3.05, 3.63) is 76.3 Å². The zero-order valence-electron chi connectivity index (χ0n) is 11.5. The SMILES string of the molecule is O=[N+]([O-])O.O=[N+]([O-])O.O=[N+]([O-])O.O=[N+]([O-])[O-].O=[N+]([O-])[O-].O=[N+]([O-])[O-].[Co+2].[Na+]. The molecule has 0 aliphatic rings. The summed E-state index contributed by atoms with van der Waals surface area (Å²) in [5, 5.41) is 85.2. The van der Waals surface area contributed by atoms with E-state index in [1.165, 1.54) is 0 Å². The summed E-state index contributed by atoms with van der Waals surface area (Å²) in [7, 11) is 0. The summed E-state index contributed by atoms with van der Waals surface area (Å²) in [6.07, 6.45) is 0. The largest absolute Gasteiger partial charge is 2.00 e. The van der Waals surface area contributed by atoms with Gasteiger partial charge in [0.2, 0.25) is 0 Å². The van der Waals surface area contributed by atoms with Crippen LogP contribution in [0.3, 0.4) is 0 Å². The molecule has 0 rings (SSSR count). The predicted molar refractivity (Wildman–Crippen MR) is 57.4 cm³/mol. The van der Waals surface area contributed by atoms with Crippen LogP contribution in [0, 0.1) is 76.3 Å². The van der Waals surface area contributed by atoms with Gasteiger partial charge in [-0.2, -0.15) is 0 Å². The Morgan fingerprint density at radius 2 is 0.423 bits per heavy atom. The van der Waals surface area contributed by atoms with Gasteiger partial charge in [0.15, 0.2) is 0 Å². The van der Waals surface area contributed by atoms with Crippen LogP contribution in [-0.2, 0) is 16.8 Å². The molecule has 3 N–H and O–H groups in total. The van der Waals surface area contributed by atoms with Gasteiger partial charge in [-0.15, -0.1) is 30.3 Å². The van der Waals surface area contributed by atoms with Crippen LogP contribution < -0.4 is 29.6 Å². The summed E-state index contributed by atoms with van der Waals surface area (Å²) in [5.74, 6) is 0. The van der Waals surface area contributed by atoms with Crippen molar-refractivity contribution in [3.63, 3.8) is 0 Å². The Hall–Kier alpha value is -3.29. The molecule has 0 heterocycles. The summed E-state index contributed by atoms with van der Waals surface area (Å²) in [6, 6.07) is 0. The zero-order valence-corrected chi connectivity index (χ0v) is 14.5. The summed E-state index contributed by atoms with van der Waals surface area (Å²) < 4.78 is 0. The van der Waals surface area contributed by atoms with E-state index in [2.05, 4.69) is 0 Å². The minimum atomic E-state index is -1.75. The van der Waals surface area contributed by atoms with Gasteiger partial charge in [0.25, 0.3) is 15.3 Å². The van der Waals surface area contributed by atoms with Crippen LogP contribution >= 0.6 is 0 Å². The number of hydrogen-bond donors (Lipinski definition) is 3. The monoisotopic (exact) mass is 457 g/mol. The van der Waals surface area contributed by atoms with Gasteiger partial charge in [-0.3, -0.25) is 0 Å². The van der Waals surface area contributed by atoms with Gasteiger partial charge >= 0.3 is 46.3 Å². The van der Waals surface area contributed by atoms with Gasteiger partial charge in [0.05, 0.1) is 15.3 Å². The van der Waals surface area contributed by atoms with Crippen LogP contribution in [0.5, 0.6) is 0 Å². The van der Waals surface area contributed by atoms with E-state index in [1.807, 2.05) is 0 Å². The molecule has 0 atom stereocenters. The second-order valence-corrected chi connectivity index (χ2v) is 1.38. The quantitative estimate of drug-likeness (QED) is 0.174. The van der Waals surface area contributed by atoms with Gasteiger partial charge in [-0.1, -0.05) is 0 Å². The molecule has 0 unspecified atom stereocenters. The third-order valence-corrected chi connectivity index (χ3v) is 0. The Bertz CT molecular complexity index is 263. The summed E-state index contributed by atoms with van der Waals surface area (Å²) >= 11 is 0. The molecule has 0 aliphatic heterocycles. The zero-order chi connectivity index (χ0) is 21.5. The van der Waals surface area contributed by atoms with Crippen LogP contribution in [0.2, 0.25) is 0 Å². The van der Waals surface area contributed by atoms with Crippen molar-refractivity contribution in [2.45, 2.75) is 0 Å². The van der Waals surface area contributed by atoms with Crippen molar-refractivity contribution in [1.29, 1.82) is 0 Å². The molecule has 0 saturated carbocycles. The molecule has 24 nitrogen and oxygen atoms in total. The second kappa shape index (κ2) is 43.0. The predicted octanol–water partition coefficient (Wildman–Crippen LogP) is -4.76. The van der Waals surface area contributed by atoms with Crippen molar-refractivity contribution in [1.82, 2.24) is 0 Å². The topological polar surface area (TPSA) is 389 Å². The first-order valence-corrected chi connectivity index (χ1v) is 3.34. The Morgan fingerprint density at radius 3 is 0.423 bits per heavy atom. The van der Waals surface area contributed by atoms with Gasteiger partial charge in [-0.25, -0.2) is 0 Å². The van der Waals surface area contributed by atoms with E-state index in [-0.39, 0.29) is 46.3 Å². The molecule has 26 heteroatoms. The van der Waals surface area contributed by atoms with Gasteiger partial charge < -0.3 is 61.6 Å². The molecule has 0 aromatic carbocycles. The number of nitrogens with zero attached hydrogens (tertiary/aromatic N) is 6. The molecule has 151 valence electrons. The maximum atomic E-state index is 8.36.